The number of halogens is 1. The number of hydrogen-bond acceptors (Lipinski definition) is 4. The van der Waals surface area contributed by atoms with E-state index in [1.165, 1.54) is 0 Å². The quantitative estimate of drug-likeness (QED) is 0.937. The first-order valence-corrected chi connectivity index (χ1v) is 6.59. The lowest BCUT2D eigenvalue weighted by atomic mass is 10.2. The van der Waals surface area contributed by atoms with E-state index in [9.17, 15) is 0 Å². The second-order valence-electron chi connectivity index (χ2n) is 4.10. The van der Waals surface area contributed by atoms with Crippen LogP contribution >= 0.6 is 15.9 Å². The molecule has 0 aliphatic carbocycles. The van der Waals surface area contributed by atoms with E-state index in [0.29, 0.717) is 23.9 Å². The Morgan fingerprint density at radius 1 is 1.21 bits per heavy atom. The average Bonchev–Trinajstić information content (AvgIpc) is 2.41. The van der Waals surface area contributed by atoms with Crippen molar-refractivity contribution < 1.29 is 9.47 Å². The van der Waals surface area contributed by atoms with Gasteiger partial charge >= 0.3 is 0 Å². The average molecular weight is 323 g/mol. The number of methoxy groups -OCH3 is 1. The molecule has 0 radical (unpaired) electrons. The van der Waals surface area contributed by atoms with Crippen molar-refractivity contribution in [3.05, 3.63) is 46.1 Å². The maximum Gasteiger partial charge on any atom is 0.222 e. The van der Waals surface area contributed by atoms with E-state index in [1.54, 1.807) is 13.3 Å². The van der Waals surface area contributed by atoms with Crippen molar-refractivity contribution in [2.45, 2.75) is 13.5 Å². The van der Waals surface area contributed by atoms with Crippen LogP contribution in [0.3, 0.4) is 0 Å². The lowest BCUT2D eigenvalue weighted by Crippen LogP contribution is -1.98. The minimum absolute atomic E-state index is 0.431. The molecule has 1 heterocycles. The van der Waals surface area contributed by atoms with Crippen LogP contribution in [-0.2, 0) is 6.54 Å². The maximum absolute atomic E-state index is 5.78. The third kappa shape index (κ3) is 3.45. The van der Waals surface area contributed by atoms with Crippen LogP contribution in [0.2, 0.25) is 0 Å². The number of ether oxygens (including phenoxy) is 2. The van der Waals surface area contributed by atoms with Gasteiger partial charge in [0.25, 0.3) is 0 Å². The second-order valence-corrected chi connectivity index (χ2v) is 5.01. The molecule has 1 aromatic carbocycles. The molecule has 0 saturated carbocycles. The summed E-state index contributed by atoms with van der Waals surface area (Å²) in [7, 11) is 1.61. The van der Waals surface area contributed by atoms with E-state index >= 15 is 0 Å². The molecule has 0 atom stereocenters. The lowest BCUT2D eigenvalue weighted by molar-refractivity contribution is 0.406. The molecule has 5 heteroatoms. The van der Waals surface area contributed by atoms with Crippen molar-refractivity contribution in [1.82, 2.24) is 4.98 Å². The third-order valence-corrected chi connectivity index (χ3v) is 3.06. The van der Waals surface area contributed by atoms with Gasteiger partial charge in [-0.2, -0.15) is 0 Å². The lowest BCUT2D eigenvalue weighted by Gasteiger charge is -2.10. The Balaban J connectivity index is 2.31. The molecule has 0 unspecified atom stereocenters. The van der Waals surface area contributed by atoms with E-state index in [1.807, 2.05) is 31.2 Å². The zero-order chi connectivity index (χ0) is 13.8. The number of aromatic nitrogens is 1. The summed E-state index contributed by atoms with van der Waals surface area (Å²) >= 11 is 3.37. The fraction of sp³-hybridized carbons (Fsp3) is 0.214. The zero-order valence-electron chi connectivity index (χ0n) is 10.8. The molecule has 19 heavy (non-hydrogen) atoms. The van der Waals surface area contributed by atoms with Crippen LogP contribution in [0.1, 0.15) is 11.1 Å². The molecule has 0 aliphatic rings. The summed E-state index contributed by atoms with van der Waals surface area (Å²) in [5, 5.41) is 0. The molecule has 1 aromatic heterocycles. The number of benzene rings is 1. The molecule has 2 rings (SSSR count). The van der Waals surface area contributed by atoms with Crippen molar-refractivity contribution in [2.75, 3.05) is 7.11 Å². The number of pyridine rings is 1. The van der Waals surface area contributed by atoms with Gasteiger partial charge in [-0.15, -0.1) is 0 Å². The molecule has 100 valence electrons. The van der Waals surface area contributed by atoms with Crippen LogP contribution in [0, 0.1) is 6.92 Å². The fourth-order valence-electron chi connectivity index (χ4n) is 1.67. The molecule has 2 aromatic rings. The number of hydrogen-bond donors (Lipinski definition) is 1. The largest absolute Gasteiger partial charge is 0.497 e. The third-order valence-electron chi connectivity index (χ3n) is 2.62. The highest BCUT2D eigenvalue weighted by Gasteiger charge is 2.06. The molecule has 2 N–H and O–H groups in total. The topological polar surface area (TPSA) is 57.4 Å². The summed E-state index contributed by atoms with van der Waals surface area (Å²) in [4.78, 5) is 4.24. The Morgan fingerprint density at radius 3 is 2.58 bits per heavy atom. The van der Waals surface area contributed by atoms with Gasteiger partial charge in [0.05, 0.1) is 7.11 Å². The minimum Gasteiger partial charge on any atom is -0.497 e. The van der Waals surface area contributed by atoms with Crippen molar-refractivity contribution in [1.29, 1.82) is 0 Å². The Hall–Kier alpha value is -1.59. The van der Waals surface area contributed by atoms with Gasteiger partial charge in [-0.3, -0.25) is 0 Å². The van der Waals surface area contributed by atoms with Gasteiger partial charge in [0.15, 0.2) is 0 Å². The normalized spacial score (nSPS) is 10.3. The molecule has 0 amide bonds. The molecular weight excluding hydrogens is 308 g/mol. The Kier molecular flexibility index (Phi) is 4.39. The first-order valence-electron chi connectivity index (χ1n) is 5.80. The van der Waals surface area contributed by atoms with Gasteiger partial charge in [0, 0.05) is 28.8 Å². The van der Waals surface area contributed by atoms with Gasteiger partial charge in [-0.1, -0.05) is 0 Å². The van der Waals surface area contributed by atoms with Crippen LogP contribution < -0.4 is 15.2 Å². The Bertz CT molecular complexity index is 565. The first kappa shape index (κ1) is 13.8. The number of rotatable bonds is 4. The second kappa shape index (κ2) is 6.04. The zero-order valence-corrected chi connectivity index (χ0v) is 12.4. The summed E-state index contributed by atoms with van der Waals surface area (Å²) in [6.07, 6.45) is 1.70. The van der Waals surface area contributed by atoms with Crippen LogP contribution in [0.5, 0.6) is 17.4 Å². The van der Waals surface area contributed by atoms with Gasteiger partial charge in [-0.25, -0.2) is 4.98 Å². The highest BCUT2D eigenvalue weighted by atomic mass is 79.9. The van der Waals surface area contributed by atoms with Gasteiger partial charge < -0.3 is 15.2 Å². The van der Waals surface area contributed by atoms with E-state index in [-0.39, 0.29) is 0 Å². The Morgan fingerprint density at radius 2 is 1.95 bits per heavy atom. The molecule has 0 fully saturated rings. The van der Waals surface area contributed by atoms with E-state index in [0.717, 1.165) is 15.6 Å². The van der Waals surface area contributed by atoms with Crippen LogP contribution in [0.25, 0.3) is 0 Å². The van der Waals surface area contributed by atoms with Crippen molar-refractivity contribution >= 4 is 15.9 Å². The van der Waals surface area contributed by atoms with Crippen molar-refractivity contribution in [2.24, 2.45) is 5.73 Å². The highest BCUT2D eigenvalue weighted by molar-refractivity contribution is 9.10. The van der Waals surface area contributed by atoms with Crippen molar-refractivity contribution in [3.8, 4) is 17.4 Å². The summed E-state index contributed by atoms with van der Waals surface area (Å²) < 4.78 is 11.9. The van der Waals surface area contributed by atoms with E-state index < -0.39 is 0 Å². The molecule has 4 nitrogen and oxygen atoms in total. The van der Waals surface area contributed by atoms with Crippen LogP contribution in [0.15, 0.2) is 34.9 Å². The van der Waals surface area contributed by atoms with Gasteiger partial charge in [-0.05, 0) is 46.6 Å². The van der Waals surface area contributed by atoms with Crippen LogP contribution in [0.4, 0.5) is 0 Å². The smallest absolute Gasteiger partial charge is 0.222 e. The monoisotopic (exact) mass is 322 g/mol. The molecule has 0 saturated heterocycles. The number of nitrogens with two attached hydrogens (primary N) is 1. The molecular formula is C14H15BrN2O2. The van der Waals surface area contributed by atoms with Crippen LogP contribution in [-0.4, -0.2) is 12.1 Å². The standard InChI is InChI=1S/C14H15BrN2O2/c1-9-3-11(15)8-17-14(9)19-13-5-10(7-16)4-12(6-13)18-2/h3-6,8H,7,16H2,1-2H3. The first-order chi connectivity index (χ1) is 9.12. The summed E-state index contributed by atoms with van der Waals surface area (Å²) in [6, 6.07) is 7.52. The summed E-state index contributed by atoms with van der Waals surface area (Å²) in [6.45, 7) is 2.37. The van der Waals surface area contributed by atoms with E-state index in [2.05, 4.69) is 20.9 Å². The van der Waals surface area contributed by atoms with Gasteiger partial charge in [0.2, 0.25) is 5.88 Å². The molecule has 0 spiro atoms. The SMILES string of the molecule is COc1cc(CN)cc(Oc2ncc(Br)cc2C)c1. The number of aryl methyl sites for hydroxylation is 1. The summed E-state index contributed by atoms with van der Waals surface area (Å²) in [5.74, 6) is 1.95. The fourth-order valence-corrected chi connectivity index (χ4v) is 2.12. The molecule has 0 bridgehead atoms. The molecule has 0 aliphatic heterocycles. The maximum atomic E-state index is 5.78. The number of nitrogens with zero attached hydrogens (tertiary/aromatic N) is 1. The highest BCUT2D eigenvalue weighted by Crippen LogP contribution is 2.28. The Labute approximate surface area is 120 Å². The predicted molar refractivity (Wildman–Crippen MR) is 77.6 cm³/mol. The summed E-state index contributed by atoms with van der Waals surface area (Å²) in [5.41, 5.74) is 7.55. The predicted octanol–water partition coefficient (Wildman–Crippen LogP) is 3.41. The van der Waals surface area contributed by atoms with Gasteiger partial charge in [0.1, 0.15) is 11.5 Å². The van der Waals surface area contributed by atoms with E-state index in [4.69, 9.17) is 15.2 Å². The minimum atomic E-state index is 0.431. The van der Waals surface area contributed by atoms with Crippen molar-refractivity contribution in [3.63, 3.8) is 0 Å².